The fourth-order valence-electron chi connectivity index (χ4n) is 1.05. The largest absolute Gasteiger partial charge is 0.198 e. The van der Waals surface area contributed by atoms with Gasteiger partial charge in [-0.3, -0.25) is 0 Å². The van der Waals surface area contributed by atoms with Crippen molar-refractivity contribution in [2.24, 2.45) is 5.92 Å². The Bertz CT molecular complexity index is 228. The summed E-state index contributed by atoms with van der Waals surface area (Å²) in [5.74, 6) is 0.115. The van der Waals surface area contributed by atoms with E-state index < -0.39 is 0 Å². The molecule has 1 aliphatic carbocycles. The van der Waals surface area contributed by atoms with Crippen LogP contribution in [0.4, 0.5) is 0 Å². The molecule has 0 aromatic rings. The van der Waals surface area contributed by atoms with Crippen molar-refractivity contribution < 1.29 is 0 Å². The summed E-state index contributed by atoms with van der Waals surface area (Å²) in [6.45, 7) is 4.17. The minimum atomic E-state index is 0.115. The maximum Gasteiger partial charge on any atom is 0.0700 e. The first-order chi connectivity index (χ1) is 4.74. The highest BCUT2D eigenvalue weighted by Gasteiger charge is 2.09. The lowest BCUT2D eigenvalue weighted by molar-refractivity contribution is 0.786. The molecule has 52 valence electrons. The van der Waals surface area contributed by atoms with Crippen LogP contribution in [-0.4, -0.2) is 0 Å². The Balaban J connectivity index is 2.76. The molecule has 1 nitrogen and oxygen atoms in total. The number of nitrogens with zero attached hydrogens (tertiary/aromatic N) is 1. The minimum Gasteiger partial charge on any atom is -0.198 e. The smallest absolute Gasteiger partial charge is 0.0700 e. The van der Waals surface area contributed by atoms with Crippen molar-refractivity contribution in [1.82, 2.24) is 0 Å². The summed E-state index contributed by atoms with van der Waals surface area (Å²) >= 11 is 0. The molecule has 10 heavy (non-hydrogen) atoms. The van der Waals surface area contributed by atoms with Crippen LogP contribution in [0.5, 0.6) is 0 Å². The fourth-order valence-corrected chi connectivity index (χ4v) is 1.05. The molecule has 0 fully saturated rings. The number of nitriles is 1. The first-order valence-corrected chi connectivity index (χ1v) is 3.48. The van der Waals surface area contributed by atoms with Gasteiger partial charge in [0.2, 0.25) is 0 Å². The van der Waals surface area contributed by atoms with E-state index in [1.165, 1.54) is 11.1 Å². The summed E-state index contributed by atoms with van der Waals surface area (Å²) in [6.07, 6.45) is 4.92. The quantitative estimate of drug-likeness (QED) is 0.498. The topological polar surface area (TPSA) is 23.8 Å². The third-order valence-corrected chi connectivity index (χ3v) is 1.94. The van der Waals surface area contributed by atoms with Crippen molar-refractivity contribution in [2.75, 3.05) is 0 Å². The Morgan fingerprint density at radius 1 is 1.60 bits per heavy atom. The molecule has 1 heteroatoms. The van der Waals surface area contributed by atoms with E-state index in [-0.39, 0.29) is 5.92 Å². The van der Waals surface area contributed by atoms with Gasteiger partial charge in [0.15, 0.2) is 0 Å². The van der Waals surface area contributed by atoms with Crippen LogP contribution in [0.3, 0.4) is 0 Å². The van der Waals surface area contributed by atoms with Gasteiger partial charge < -0.3 is 0 Å². The van der Waals surface area contributed by atoms with Crippen LogP contribution in [0.2, 0.25) is 0 Å². The molecule has 0 N–H and O–H groups in total. The molecule has 0 amide bonds. The molecular weight excluding hydrogens is 122 g/mol. The summed E-state index contributed by atoms with van der Waals surface area (Å²) in [5.41, 5.74) is 2.65. The van der Waals surface area contributed by atoms with E-state index in [0.717, 1.165) is 6.42 Å². The van der Waals surface area contributed by atoms with E-state index in [1.54, 1.807) is 0 Å². The summed E-state index contributed by atoms with van der Waals surface area (Å²) in [5, 5.41) is 8.57. The van der Waals surface area contributed by atoms with Crippen LogP contribution in [-0.2, 0) is 0 Å². The number of hydrogen-bond acceptors (Lipinski definition) is 1. The van der Waals surface area contributed by atoms with E-state index in [4.69, 9.17) is 5.26 Å². The summed E-state index contributed by atoms with van der Waals surface area (Å²) in [7, 11) is 0. The van der Waals surface area contributed by atoms with Crippen LogP contribution >= 0.6 is 0 Å². The van der Waals surface area contributed by atoms with Gasteiger partial charge in [0.1, 0.15) is 0 Å². The molecule has 0 aromatic heterocycles. The van der Waals surface area contributed by atoms with Gasteiger partial charge in [0, 0.05) is 0 Å². The normalized spacial score (nSPS) is 24.7. The van der Waals surface area contributed by atoms with E-state index in [9.17, 15) is 0 Å². The van der Waals surface area contributed by atoms with Gasteiger partial charge in [0.25, 0.3) is 0 Å². The highest BCUT2D eigenvalue weighted by Crippen LogP contribution is 2.21. The monoisotopic (exact) mass is 133 g/mol. The predicted molar refractivity (Wildman–Crippen MR) is 41.2 cm³/mol. The molecule has 0 heterocycles. The Hall–Kier alpha value is -1.03. The van der Waals surface area contributed by atoms with Gasteiger partial charge in [-0.05, 0) is 20.3 Å². The number of rotatable bonds is 0. The van der Waals surface area contributed by atoms with E-state index in [0.29, 0.717) is 0 Å². The lowest BCUT2D eigenvalue weighted by Crippen LogP contribution is -1.99. The van der Waals surface area contributed by atoms with Gasteiger partial charge in [-0.25, -0.2) is 0 Å². The molecule has 1 unspecified atom stereocenters. The maximum atomic E-state index is 8.57. The third-order valence-electron chi connectivity index (χ3n) is 1.94. The third kappa shape index (κ3) is 1.27. The van der Waals surface area contributed by atoms with Crippen molar-refractivity contribution in [1.29, 1.82) is 5.26 Å². The van der Waals surface area contributed by atoms with Gasteiger partial charge in [-0.2, -0.15) is 5.26 Å². The average Bonchev–Trinajstić information content (AvgIpc) is 1.95. The summed E-state index contributed by atoms with van der Waals surface area (Å²) < 4.78 is 0. The highest BCUT2D eigenvalue weighted by molar-refractivity contribution is 5.29. The Morgan fingerprint density at radius 3 is 2.80 bits per heavy atom. The maximum absolute atomic E-state index is 8.57. The molecule has 0 saturated carbocycles. The second-order valence-electron chi connectivity index (χ2n) is 2.76. The van der Waals surface area contributed by atoms with Crippen LogP contribution in [0.25, 0.3) is 0 Å². The van der Waals surface area contributed by atoms with Crippen molar-refractivity contribution in [2.45, 2.75) is 20.3 Å². The molecular formula is C9H11N. The molecule has 1 rings (SSSR count). The van der Waals surface area contributed by atoms with Crippen LogP contribution in [0.15, 0.2) is 23.3 Å². The second kappa shape index (κ2) is 2.70. The lowest BCUT2D eigenvalue weighted by Gasteiger charge is -2.11. The number of allylic oxidation sites excluding steroid dienone is 4. The van der Waals surface area contributed by atoms with E-state index in [1.807, 2.05) is 12.2 Å². The van der Waals surface area contributed by atoms with Crippen molar-refractivity contribution in [3.05, 3.63) is 23.3 Å². The zero-order valence-corrected chi connectivity index (χ0v) is 6.39. The van der Waals surface area contributed by atoms with Gasteiger partial charge in [0.05, 0.1) is 12.0 Å². The van der Waals surface area contributed by atoms with Gasteiger partial charge >= 0.3 is 0 Å². The van der Waals surface area contributed by atoms with Gasteiger partial charge in [-0.15, -0.1) is 0 Å². The molecule has 1 aliphatic rings. The summed E-state index contributed by atoms with van der Waals surface area (Å²) in [4.78, 5) is 0. The molecule has 1 atom stereocenters. The Morgan fingerprint density at radius 2 is 2.30 bits per heavy atom. The Kier molecular flexibility index (Phi) is 1.91. The van der Waals surface area contributed by atoms with E-state index in [2.05, 4.69) is 19.9 Å². The molecule has 0 bridgehead atoms. The van der Waals surface area contributed by atoms with Crippen LogP contribution in [0, 0.1) is 17.2 Å². The molecule has 0 saturated heterocycles. The van der Waals surface area contributed by atoms with Crippen molar-refractivity contribution in [3.8, 4) is 6.07 Å². The van der Waals surface area contributed by atoms with Crippen LogP contribution in [0.1, 0.15) is 20.3 Å². The minimum absolute atomic E-state index is 0.115. The zero-order chi connectivity index (χ0) is 7.56. The highest BCUT2D eigenvalue weighted by atomic mass is 14.3. The Labute approximate surface area is 61.7 Å². The first kappa shape index (κ1) is 7.08. The predicted octanol–water partition coefficient (Wildman–Crippen LogP) is 2.42. The SMILES string of the molecule is CC1=C(C)CC(C#N)C=C1. The van der Waals surface area contributed by atoms with Crippen molar-refractivity contribution in [3.63, 3.8) is 0 Å². The zero-order valence-electron chi connectivity index (χ0n) is 6.39. The molecule has 0 aliphatic heterocycles. The molecule has 0 spiro atoms. The van der Waals surface area contributed by atoms with Crippen molar-refractivity contribution >= 4 is 0 Å². The van der Waals surface area contributed by atoms with E-state index >= 15 is 0 Å². The standard InChI is InChI=1S/C9H11N/c1-7-3-4-9(6-10)5-8(7)2/h3-4,9H,5H2,1-2H3. The number of hydrogen-bond donors (Lipinski definition) is 0. The lowest BCUT2D eigenvalue weighted by atomic mass is 9.92. The fraction of sp³-hybridized carbons (Fsp3) is 0.444. The second-order valence-corrected chi connectivity index (χ2v) is 2.76. The first-order valence-electron chi connectivity index (χ1n) is 3.48. The average molecular weight is 133 g/mol. The molecule has 0 aromatic carbocycles. The summed E-state index contributed by atoms with van der Waals surface area (Å²) in [6, 6.07) is 2.23. The molecule has 0 radical (unpaired) electrons. The van der Waals surface area contributed by atoms with Gasteiger partial charge in [-0.1, -0.05) is 23.3 Å². The van der Waals surface area contributed by atoms with Crippen LogP contribution < -0.4 is 0 Å².